The maximum Gasteiger partial charge on any atom is 0.330 e. The lowest BCUT2D eigenvalue weighted by atomic mass is 10.1. The van der Waals surface area contributed by atoms with Gasteiger partial charge in [-0.2, -0.15) is 0 Å². The summed E-state index contributed by atoms with van der Waals surface area (Å²) in [4.78, 5) is 21.7. The molecule has 6 nitrogen and oxygen atoms in total. The van der Waals surface area contributed by atoms with Crippen LogP contribution in [0.1, 0.15) is 11.1 Å². The molecule has 0 radical (unpaired) electrons. The average molecular weight is 327 g/mol. The number of ether oxygens (including phenoxy) is 2. The lowest BCUT2D eigenvalue weighted by molar-refractivity contribution is -0.384. The van der Waals surface area contributed by atoms with Crippen LogP contribution >= 0.6 is 0 Å². The quantitative estimate of drug-likeness (QED) is 0.337. The predicted molar refractivity (Wildman–Crippen MR) is 89.8 cm³/mol. The number of nitro benzene ring substituents is 1. The summed E-state index contributed by atoms with van der Waals surface area (Å²) in [5, 5.41) is 10.6. The molecule has 0 aliphatic rings. The van der Waals surface area contributed by atoms with Crippen LogP contribution in [-0.2, 0) is 16.0 Å². The molecule has 2 rings (SSSR count). The van der Waals surface area contributed by atoms with Crippen LogP contribution in [0.15, 0.2) is 54.6 Å². The Morgan fingerprint density at radius 2 is 1.79 bits per heavy atom. The van der Waals surface area contributed by atoms with Crippen molar-refractivity contribution in [3.8, 4) is 5.75 Å². The lowest BCUT2D eigenvalue weighted by Gasteiger charge is -2.04. The third-order valence-corrected chi connectivity index (χ3v) is 3.31. The van der Waals surface area contributed by atoms with Gasteiger partial charge in [0.05, 0.1) is 18.6 Å². The van der Waals surface area contributed by atoms with E-state index in [4.69, 9.17) is 9.47 Å². The van der Waals surface area contributed by atoms with Gasteiger partial charge < -0.3 is 9.47 Å². The van der Waals surface area contributed by atoms with Gasteiger partial charge in [0.2, 0.25) is 0 Å². The first-order valence-corrected chi connectivity index (χ1v) is 7.31. The molecule has 0 aromatic heterocycles. The monoisotopic (exact) mass is 327 g/mol. The molecule has 0 saturated heterocycles. The van der Waals surface area contributed by atoms with Crippen molar-refractivity contribution in [3.63, 3.8) is 0 Å². The van der Waals surface area contributed by atoms with E-state index in [9.17, 15) is 14.9 Å². The van der Waals surface area contributed by atoms with Crippen LogP contribution in [0.25, 0.3) is 6.08 Å². The molecule has 0 heterocycles. The summed E-state index contributed by atoms with van der Waals surface area (Å²) in [5.41, 5.74) is 1.74. The summed E-state index contributed by atoms with van der Waals surface area (Å²) in [6.45, 7) is 0.274. The normalized spacial score (nSPS) is 10.5. The molecule has 0 aliphatic carbocycles. The molecular formula is C18H17NO5. The van der Waals surface area contributed by atoms with E-state index in [1.165, 1.54) is 18.2 Å². The molecule has 2 aromatic carbocycles. The van der Waals surface area contributed by atoms with Crippen LogP contribution in [0.4, 0.5) is 5.69 Å². The Balaban J connectivity index is 1.78. The summed E-state index contributed by atoms with van der Waals surface area (Å²) < 4.78 is 10.2. The standard InChI is InChI=1S/C18H17NO5/c1-23-17-9-4-15(5-10-17)12-13-24-18(20)11-6-14-2-7-16(8-3-14)19(21)22/h2-11H,12-13H2,1H3/b11-6+. The molecular weight excluding hydrogens is 310 g/mol. The molecule has 124 valence electrons. The number of carbonyl (C=O) groups is 1. The number of nitro groups is 1. The number of hydrogen-bond donors (Lipinski definition) is 0. The third-order valence-electron chi connectivity index (χ3n) is 3.31. The van der Waals surface area contributed by atoms with Gasteiger partial charge in [-0.15, -0.1) is 0 Å². The van der Waals surface area contributed by atoms with E-state index in [1.807, 2.05) is 24.3 Å². The Labute approximate surface area is 139 Å². The minimum atomic E-state index is -0.471. The highest BCUT2D eigenvalue weighted by molar-refractivity contribution is 5.87. The number of hydrogen-bond acceptors (Lipinski definition) is 5. The zero-order valence-corrected chi connectivity index (χ0v) is 13.2. The van der Waals surface area contributed by atoms with Gasteiger partial charge in [-0.05, 0) is 41.5 Å². The van der Waals surface area contributed by atoms with Gasteiger partial charge in [-0.25, -0.2) is 4.79 Å². The number of nitrogens with zero attached hydrogens (tertiary/aromatic N) is 1. The smallest absolute Gasteiger partial charge is 0.330 e. The van der Waals surface area contributed by atoms with Crippen molar-refractivity contribution in [3.05, 3.63) is 75.8 Å². The molecule has 6 heteroatoms. The summed E-state index contributed by atoms with van der Waals surface area (Å²) in [6, 6.07) is 13.4. The Hall–Kier alpha value is -3.15. The lowest BCUT2D eigenvalue weighted by Crippen LogP contribution is -2.04. The van der Waals surface area contributed by atoms with Crippen molar-refractivity contribution in [2.75, 3.05) is 13.7 Å². The average Bonchev–Trinajstić information content (AvgIpc) is 2.61. The first-order chi connectivity index (χ1) is 11.6. The van der Waals surface area contributed by atoms with Crippen molar-refractivity contribution in [2.45, 2.75) is 6.42 Å². The minimum absolute atomic E-state index is 0.00854. The predicted octanol–water partition coefficient (Wildman–Crippen LogP) is 3.40. The Morgan fingerprint density at radius 1 is 1.12 bits per heavy atom. The number of non-ortho nitro benzene ring substituents is 1. The molecule has 2 aromatic rings. The third kappa shape index (κ3) is 5.24. The summed E-state index contributed by atoms with van der Waals surface area (Å²) >= 11 is 0. The van der Waals surface area contributed by atoms with Crippen LogP contribution in [0.3, 0.4) is 0 Å². The van der Waals surface area contributed by atoms with Crippen LogP contribution in [0, 0.1) is 10.1 Å². The highest BCUT2D eigenvalue weighted by Crippen LogP contribution is 2.13. The van der Waals surface area contributed by atoms with E-state index in [0.29, 0.717) is 12.0 Å². The highest BCUT2D eigenvalue weighted by Gasteiger charge is 2.03. The van der Waals surface area contributed by atoms with Crippen LogP contribution < -0.4 is 4.74 Å². The maximum atomic E-state index is 11.6. The number of methoxy groups -OCH3 is 1. The molecule has 0 spiro atoms. The van der Waals surface area contributed by atoms with Gasteiger partial charge in [-0.1, -0.05) is 12.1 Å². The van der Waals surface area contributed by atoms with Crippen LogP contribution in [0.5, 0.6) is 5.75 Å². The van der Waals surface area contributed by atoms with E-state index in [1.54, 1.807) is 25.3 Å². The molecule has 0 unspecified atom stereocenters. The zero-order chi connectivity index (χ0) is 17.4. The molecule has 0 N–H and O–H groups in total. The second kappa shape index (κ2) is 8.47. The van der Waals surface area contributed by atoms with E-state index in [2.05, 4.69) is 0 Å². The summed E-state index contributed by atoms with van der Waals surface area (Å²) in [6.07, 6.45) is 3.47. The van der Waals surface area contributed by atoms with Gasteiger partial charge in [0.15, 0.2) is 0 Å². The van der Waals surface area contributed by atoms with E-state index >= 15 is 0 Å². The van der Waals surface area contributed by atoms with Crippen molar-refractivity contribution in [1.29, 1.82) is 0 Å². The second-order valence-corrected chi connectivity index (χ2v) is 4.95. The molecule has 0 bridgehead atoms. The molecule has 0 saturated carbocycles. The SMILES string of the molecule is COc1ccc(CCOC(=O)/C=C/c2ccc([N+](=O)[O-])cc2)cc1. The minimum Gasteiger partial charge on any atom is -0.497 e. The van der Waals surface area contributed by atoms with Crippen molar-refractivity contribution < 1.29 is 19.2 Å². The Kier molecular flexibility index (Phi) is 6.08. The van der Waals surface area contributed by atoms with E-state index < -0.39 is 10.9 Å². The number of esters is 1. The number of rotatable bonds is 7. The second-order valence-electron chi connectivity index (χ2n) is 4.95. The Bertz CT molecular complexity index is 720. The number of benzene rings is 2. The Morgan fingerprint density at radius 3 is 2.38 bits per heavy atom. The fraction of sp³-hybridized carbons (Fsp3) is 0.167. The largest absolute Gasteiger partial charge is 0.497 e. The molecule has 0 amide bonds. The van der Waals surface area contributed by atoms with Crippen LogP contribution in [0.2, 0.25) is 0 Å². The van der Waals surface area contributed by atoms with E-state index in [-0.39, 0.29) is 12.3 Å². The fourth-order valence-corrected chi connectivity index (χ4v) is 1.98. The van der Waals surface area contributed by atoms with Gasteiger partial charge in [0.25, 0.3) is 5.69 Å². The van der Waals surface area contributed by atoms with Crippen molar-refractivity contribution >= 4 is 17.7 Å². The maximum absolute atomic E-state index is 11.6. The zero-order valence-electron chi connectivity index (χ0n) is 13.2. The molecule has 0 aliphatic heterocycles. The van der Waals surface area contributed by atoms with Gasteiger partial charge in [0.1, 0.15) is 5.75 Å². The summed E-state index contributed by atoms with van der Waals surface area (Å²) in [7, 11) is 1.61. The van der Waals surface area contributed by atoms with E-state index in [0.717, 1.165) is 11.3 Å². The van der Waals surface area contributed by atoms with Crippen LogP contribution in [-0.4, -0.2) is 24.6 Å². The molecule has 0 fully saturated rings. The van der Waals surface area contributed by atoms with Gasteiger partial charge >= 0.3 is 5.97 Å². The summed E-state index contributed by atoms with van der Waals surface area (Å²) in [5.74, 6) is 0.323. The van der Waals surface area contributed by atoms with Gasteiger partial charge in [0, 0.05) is 24.6 Å². The first-order valence-electron chi connectivity index (χ1n) is 7.31. The highest BCUT2D eigenvalue weighted by atomic mass is 16.6. The molecule has 24 heavy (non-hydrogen) atoms. The fourth-order valence-electron chi connectivity index (χ4n) is 1.98. The topological polar surface area (TPSA) is 78.7 Å². The molecule has 0 atom stereocenters. The van der Waals surface area contributed by atoms with Crippen molar-refractivity contribution in [2.24, 2.45) is 0 Å². The first kappa shape index (κ1) is 17.2. The van der Waals surface area contributed by atoms with Crippen molar-refractivity contribution in [1.82, 2.24) is 0 Å². The van der Waals surface area contributed by atoms with Gasteiger partial charge in [-0.3, -0.25) is 10.1 Å². The number of carbonyl (C=O) groups excluding carboxylic acids is 1.